The Hall–Kier alpha value is -2.26. The molecule has 1 saturated heterocycles. The Kier molecular flexibility index (Phi) is 8.91. The number of β-amino-alcohol motifs (C(OH)–C–C–N with tert-alkyl or cyclic N) is 1. The monoisotopic (exact) mass is 695 g/mol. The molecule has 2 fully saturated rings. The smallest absolute Gasteiger partial charge is 0.262 e. The van der Waals surface area contributed by atoms with Gasteiger partial charge in [0, 0.05) is 54.0 Å². The predicted molar refractivity (Wildman–Crippen MR) is 197 cm³/mol. The lowest BCUT2D eigenvalue weighted by Crippen LogP contribution is -2.62. The Morgan fingerprint density at radius 2 is 1.85 bits per heavy atom. The highest BCUT2D eigenvalue weighted by Gasteiger charge is 2.51. The first-order valence-corrected chi connectivity index (χ1v) is 20.3. The molecule has 1 spiro atoms. The van der Waals surface area contributed by atoms with Crippen LogP contribution in [0, 0.1) is 23.2 Å². The number of hydrogen-bond acceptors (Lipinski definition) is 6. The van der Waals surface area contributed by atoms with Gasteiger partial charge in [0.05, 0.1) is 27.6 Å². The number of nitrogens with zero attached hydrogens (tertiary/aromatic N) is 2. The van der Waals surface area contributed by atoms with Crippen molar-refractivity contribution < 1.29 is 18.8 Å². The van der Waals surface area contributed by atoms with Crippen molar-refractivity contribution in [2.24, 2.45) is 23.2 Å². The molecule has 5 aliphatic rings. The van der Waals surface area contributed by atoms with E-state index in [4.69, 9.17) is 16.3 Å². The molecular formula is C39H54ClN3O4S. The van der Waals surface area contributed by atoms with Gasteiger partial charge in [-0.2, -0.15) is 0 Å². The summed E-state index contributed by atoms with van der Waals surface area (Å²) in [5.41, 5.74) is 3.21. The normalized spacial score (nSPS) is 36.8. The quantitative estimate of drug-likeness (QED) is 0.350. The topological polar surface area (TPSA) is 82.1 Å². The van der Waals surface area contributed by atoms with Crippen LogP contribution in [0.1, 0.15) is 94.1 Å². The van der Waals surface area contributed by atoms with Crippen molar-refractivity contribution in [1.82, 2.24) is 9.62 Å². The highest BCUT2D eigenvalue weighted by molar-refractivity contribution is 7.99. The fourth-order valence-electron chi connectivity index (χ4n) is 9.73. The van der Waals surface area contributed by atoms with Crippen molar-refractivity contribution in [3.8, 4) is 5.75 Å². The summed E-state index contributed by atoms with van der Waals surface area (Å²) in [6.45, 7) is 13.4. The van der Waals surface area contributed by atoms with Crippen LogP contribution in [0.2, 0.25) is 5.02 Å². The van der Waals surface area contributed by atoms with Gasteiger partial charge in [-0.05, 0) is 122 Å². The van der Waals surface area contributed by atoms with Crippen molar-refractivity contribution in [1.29, 1.82) is 0 Å². The SMILES string of the molecule is C=S1(=O)NC(=O)c2ccc3c(c2)N(C[C@@H]2CC[C@H]2[C@@](O)(CN2CC(C)(C)C2)CCC[C@H](C)[C@H]1C)C[C@@]1(CCCc2cc(Cl)ccc21)CO3. The third kappa shape index (κ3) is 6.40. The molecule has 7 rings (SSSR count). The van der Waals surface area contributed by atoms with E-state index in [0.29, 0.717) is 30.0 Å². The summed E-state index contributed by atoms with van der Waals surface area (Å²) in [5, 5.41) is 13.1. The second kappa shape index (κ2) is 12.5. The number of hydrogen-bond donors (Lipinski definition) is 2. The van der Waals surface area contributed by atoms with Crippen molar-refractivity contribution in [3.05, 3.63) is 58.1 Å². The Morgan fingerprint density at radius 1 is 1.06 bits per heavy atom. The van der Waals surface area contributed by atoms with E-state index >= 15 is 0 Å². The number of aryl methyl sites for hydroxylation is 1. The molecule has 3 heterocycles. The van der Waals surface area contributed by atoms with Gasteiger partial charge in [-0.25, -0.2) is 4.21 Å². The number of rotatable bonds is 2. The maximum Gasteiger partial charge on any atom is 0.262 e. The number of amides is 1. The van der Waals surface area contributed by atoms with E-state index in [1.165, 1.54) is 11.1 Å². The lowest BCUT2D eigenvalue weighted by molar-refractivity contribution is -0.128. The van der Waals surface area contributed by atoms with Crippen LogP contribution in [-0.4, -0.2) is 76.2 Å². The van der Waals surface area contributed by atoms with Gasteiger partial charge >= 0.3 is 0 Å². The summed E-state index contributed by atoms with van der Waals surface area (Å²) >= 11 is 6.48. The average molecular weight is 696 g/mol. The highest BCUT2D eigenvalue weighted by Crippen LogP contribution is 2.49. The number of carbonyl (C=O) groups excluding carboxylic acids is 1. The van der Waals surface area contributed by atoms with Gasteiger partial charge in [0.2, 0.25) is 0 Å². The number of halogens is 1. The minimum Gasteiger partial charge on any atom is -0.490 e. The largest absolute Gasteiger partial charge is 0.490 e. The van der Waals surface area contributed by atoms with E-state index in [-0.39, 0.29) is 28.4 Å². The molecule has 0 aromatic heterocycles. The third-order valence-electron chi connectivity index (χ3n) is 12.6. The van der Waals surface area contributed by atoms with Crippen molar-refractivity contribution >= 4 is 38.8 Å². The second-order valence-electron chi connectivity index (χ2n) is 16.9. The molecule has 0 radical (unpaired) electrons. The Balaban J connectivity index is 1.28. The zero-order chi connectivity index (χ0) is 34.1. The second-order valence-corrected chi connectivity index (χ2v) is 19.7. The molecule has 1 unspecified atom stereocenters. The average Bonchev–Trinajstić information content (AvgIpc) is 3.14. The van der Waals surface area contributed by atoms with Crippen LogP contribution < -0.4 is 14.4 Å². The fourth-order valence-corrected chi connectivity index (χ4v) is 11.4. The zero-order valence-corrected chi connectivity index (χ0v) is 30.8. The van der Waals surface area contributed by atoms with E-state index in [2.05, 4.69) is 53.3 Å². The first-order valence-electron chi connectivity index (χ1n) is 18.1. The van der Waals surface area contributed by atoms with Crippen LogP contribution in [0.4, 0.5) is 5.69 Å². The molecule has 1 saturated carbocycles. The number of aliphatic hydroxyl groups is 1. The highest BCUT2D eigenvalue weighted by atomic mass is 35.5. The summed E-state index contributed by atoms with van der Waals surface area (Å²) in [5.74, 6) is 5.02. The molecule has 2 aromatic carbocycles. The van der Waals surface area contributed by atoms with Gasteiger partial charge in [0.25, 0.3) is 5.91 Å². The minimum atomic E-state index is -2.93. The van der Waals surface area contributed by atoms with Crippen LogP contribution >= 0.6 is 11.6 Å². The van der Waals surface area contributed by atoms with Gasteiger partial charge in [0.1, 0.15) is 5.75 Å². The lowest BCUT2D eigenvalue weighted by atomic mass is 9.62. The van der Waals surface area contributed by atoms with E-state index in [1.807, 2.05) is 25.1 Å². The molecule has 48 heavy (non-hydrogen) atoms. The Bertz CT molecular complexity index is 1670. The minimum absolute atomic E-state index is 0.0768. The number of likely N-dealkylation sites (tertiary alicyclic amines) is 1. The summed E-state index contributed by atoms with van der Waals surface area (Å²) in [7, 11) is -2.93. The molecular weight excluding hydrogens is 642 g/mol. The van der Waals surface area contributed by atoms with Crippen molar-refractivity contribution in [2.75, 3.05) is 44.2 Å². The fraction of sp³-hybridized carbons (Fsp3) is 0.641. The number of fused-ring (bicyclic) bond motifs is 4. The third-order valence-corrected chi connectivity index (χ3v) is 15.0. The van der Waals surface area contributed by atoms with Gasteiger partial charge in [0.15, 0.2) is 0 Å². The standard InChI is InChI=1S/C39H54ClN3O4S/c1-26-8-6-17-39(45,24-42-21-37(3,4)22-42)33-13-10-30(33)20-43-23-38(16-7-9-28-18-31(40)12-14-32(28)38)25-47-35-15-11-29(19-34(35)43)36(44)41-48(5,46)27(26)2/h11-12,14-15,18-19,26-27,30,33,45H,5-10,13,16-17,20-25H2,1-4H3,(H,41,44,46)/t26-,27+,30-,33+,38-,39-,48?/m0/s1. The van der Waals surface area contributed by atoms with Crippen LogP contribution in [0.25, 0.3) is 0 Å². The molecule has 3 aliphatic heterocycles. The van der Waals surface area contributed by atoms with Crippen LogP contribution in [0.3, 0.4) is 0 Å². The maximum absolute atomic E-state index is 13.9. The first-order chi connectivity index (χ1) is 22.7. The number of carbonyl (C=O) groups is 1. The predicted octanol–water partition coefficient (Wildman–Crippen LogP) is 6.48. The van der Waals surface area contributed by atoms with E-state index in [1.54, 1.807) is 6.07 Å². The van der Waals surface area contributed by atoms with Crippen LogP contribution in [-0.2, 0) is 21.5 Å². The maximum atomic E-state index is 13.9. The van der Waals surface area contributed by atoms with Crippen LogP contribution in [0.15, 0.2) is 36.4 Å². The molecule has 1 amide bonds. The molecule has 262 valence electrons. The molecule has 7 atom stereocenters. The van der Waals surface area contributed by atoms with E-state index in [9.17, 15) is 14.1 Å². The number of anilines is 1. The molecule has 2 N–H and O–H groups in total. The number of nitrogens with one attached hydrogen (secondary N) is 1. The van der Waals surface area contributed by atoms with E-state index in [0.717, 1.165) is 94.0 Å². The van der Waals surface area contributed by atoms with E-state index < -0.39 is 15.3 Å². The van der Waals surface area contributed by atoms with Gasteiger partial charge in [-0.3, -0.25) is 14.4 Å². The first kappa shape index (κ1) is 34.2. The molecule has 2 aliphatic carbocycles. The lowest BCUT2D eigenvalue weighted by Gasteiger charge is -2.54. The number of benzene rings is 2. The molecule has 2 bridgehead atoms. The summed E-state index contributed by atoms with van der Waals surface area (Å²) in [6.07, 6.45) is 7.53. The number of ether oxygens (including phenoxy) is 1. The molecule has 2 aromatic rings. The molecule has 7 nitrogen and oxygen atoms in total. The van der Waals surface area contributed by atoms with Gasteiger partial charge in [-0.1, -0.05) is 44.9 Å². The Morgan fingerprint density at radius 3 is 2.58 bits per heavy atom. The molecule has 9 heteroatoms. The van der Waals surface area contributed by atoms with Gasteiger partial charge < -0.3 is 14.7 Å². The van der Waals surface area contributed by atoms with Crippen molar-refractivity contribution in [3.63, 3.8) is 0 Å². The Labute approximate surface area is 292 Å². The summed E-state index contributed by atoms with van der Waals surface area (Å²) in [6, 6.07) is 11.9. The van der Waals surface area contributed by atoms with Crippen molar-refractivity contribution in [2.45, 2.75) is 95.3 Å². The van der Waals surface area contributed by atoms with Gasteiger partial charge in [-0.15, -0.1) is 0 Å². The summed E-state index contributed by atoms with van der Waals surface area (Å²) in [4.78, 5) is 18.6. The van der Waals surface area contributed by atoms with Crippen LogP contribution in [0.5, 0.6) is 5.75 Å². The summed E-state index contributed by atoms with van der Waals surface area (Å²) < 4.78 is 23.4. The zero-order valence-electron chi connectivity index (χ0n) is 29.2.